The number of aromatic nitrogens is 2. The second kappa shape index (κ2) is 6.65. The van der Waals surface area contributed by atoms with Gasteiger partial charge < -0.3 is 10.1 Å². The summed E-state index contributed by atoms with van der Waals surface area (Å²) < 4.78 is 5.06. The topological polar surface area (TPSA) is 64.1 Å². The molecule has 1 N–H and O–H groups in total. The molecule has 0 unspecified atom stereocenters. The van der Waals surface area contributed by atoms with E-state index in [0.717, 1.165) is 16.8 Å². The van der Waals surface area contributed by atoms with E-state index in [2.05, 4.69) is 21.9 Å². The fraction of sp³-hybridized carbons (Fsp3) is 0.188. The molecule has 0 fully saturated rings. The molecule has 1 aromatic heterocycles. The summed E-state index contributed by atoms with van der Waals surface area (Å²) in [5.41, 5.74) is 2.68. The van der Waals surface area contributed by atoms with Crippen molar-refractivity contribution in [1.82, 2.24) is 15.3 Å². The third-order valence-corrected chi connectivity index (χ3v) is 3.07. The van der Waals surface area contributed by atoms with Gasteiger partial charge in [0.25, 0.3) is 0 Å². The van der Waals surface area contributed by atoms with Crippen molar-refractivity contribution < 1.29 is 9.53 Å². The Morgan fingerprint density at radius 1 is 1.33 bits per heavy atom. The third kappa shape index (κ3) is 3.66. The van der Waals surface area contributed by atoms with E-state index < -0.39 is 0 Å². The average Bonchev–Trinajstić information content (AvgIpc) is 2.54. The Kier molecular flexibility index (Phi) is 4.66. The van der Waals surface area contributed by atoms with E-state index in [1.807, 2.05) is 31.2 Å². The maximum Gasteiger partial charge on any atom is 0.243 e. The number of ether oxygens (including phenoxy) is 1. The molecule has 2 aromatic rings. The van der Waals surface area contributed by atoms with Crippen molar-refractivity contribution in [1.29, 1.82) is 0 Å². The van der Waals surface area contributed by atoms with Crippen molar-refractivity contribution in [3.63, 3.8) is 0 Å². The normalized spacial score (nSPS) is 11.5. The van der Waals surface area contributed by atoms with Crippen LogP contribution in [0.4, 0.5) is 0 Å². The molecule has 108 valence electrons. The van der Waals surface area contributed by atoms with Gasteiger partial charge in [-0.15, -0.1) is 0 Å². The number of rotatable bonds is 5. The van der Waals surface area contributed by atoms with E-state index in [1.54, 1.807) is 19.5 Å². The highest BCUT2D eigenvalue weighted by atomic mass is 16.5. The Morgan fingerprint density at radius 3 is 2.67 bits per heavy atom. The lowest BCUT2D eigenvalue weighted by molar-refractivity contribution is -0.117. The largest absolute Gasteiger partial charge is 0.480 e. The standard InChI is InChI=1S/C16H17N3O2/c1-4-15(20)18-11(2)12-5-7-13(8-6-12)14-9-17-10-16(19-14)21-3/h4-11H,1H2,2-3H3,(H,18,20)/t11-/m1/s1. The van der Waals surface area contributed by atoms with Crippen LogP contribution < -0.4 is 10.1 Å². The molecule has 2 rings (SSSR count). The van der Waals surface area contributed by atoms with E-state index >= 15 is 0 Å². The number of hydrogen-bond acceptors (Lipinski definition) is 4. The molecular formula is C16H17N3O2. The Balaban J connectivity index is 2.18. The number of methoxy groups -OCH3 is 1. The van der Waals surface area contributed by atoms with Gasteiger partial charge in [-0.05, 0) is 18.6 Å². The Labute approximate surface area is 123 Å². The van der Waals surface area contributed by atoms with Gasteiger partial charge in [0, 0.05) is 5.56 Å². The first-order chi connectivity index (χ1) is 10.1. The van der Waals surface area contributed by atoms with Crippen LogP contribution in [0.5, 0.6) is 5.88 Å². The first-order valence-electron chi connectivity index (χ1n) is 6.53. The van der Waals surface area contributed by atoms with E-state index in [9.17, 15) is 4.79 Å². The molecule has 1 aromatic carbocycles. The van der Waals surface area contributed by atoms with Crippen LogP contribution in [0.2, 0.25) is 0 Å². The molecule has 0 saturated heterocycles. The van der Waals surface area contributed by atoms with Crippen molar-refractivity contribution in [3.05, 3.63) is 54.9 Å². The van der Waals surface area contributed by atoms with Gasteiger partial charge in [-0.1, -0.05) is 30.8 Å². The Morgan fingerprint density at radius 2 is 2.05 bits per heavy atom. The maximum absolute atomic E-state index is 11.3. The van der Waals surface area contributed by atoms with E-state index in [4.69, 9.17) is 4.74 Å². The molecule has 0 saturated carbocycles. The zero-order chi connectivity index (χ0) is 15.2. The highest BCUT2D eigenvalue weighted by Crippen LogP contribution is 2.21. The first kappa shape index (κ1) is 14.7. The molecule has 5 nitrogen and oxygen atoms in total. The van der Waals surface area contributed by atoms with Crippen LogP contribution in [-0.2, 0) is 4.79 Å². The van der Waals surface area contributed by atoms with Gasteiger partial charge >= 0.3 is 0 Å². The summed E-state index contributed by atoms with van der Waals surface area (Å²) in [4.78, 5) is 19.7. The molecule has 0 spiro atoms. The number of amides is 1. The van der Waals surface area contributed by atoms with Gasteiger partial charge in [0.2, 0.25) is 11.8 Å². The van der Waals surface area contributed by atoms with E-state index in [0.29, 0.717) is 5.88 Å². The van der Waals surface area contributed by atoms with Gasteiger partial charge in [-0.25, -0.2) is 4.98 Å². The number of nitrogens with zero attached hydrogens (tertiary/aromatic N) is 2. The third-order valence-electron chi connectivity index (χ3n) is 3.07. The minimum atomic E-state index is -0.190. The Hall–Kier alpha value is -2.69. The SMILES string of the molecule is C=CC(=O)N[C@H](C)c1ccc(-c2cncc(OC)n2)cc1. The summed E-state index contributed by atoms with van der Waals surface area (Å²) in [5, 5.41) is 2.82. The van der Waals surface area contributed by atoms with Crippen molar-refractivity contribution in [3.8, 4) is 17.1 Å². The van der Waals surface area contributed by atoms with Gasteiger partial charge in [-0.2, -0.15) is 0 Å². The zero-order valence-electron chi connectivity index (χ0n) is 12.0. The molecule has 5 heteroatoms. The highest BCUT2D eigenvalue weighted by Gasteiger charge is 2.08. The number of carbonyl (C=O) groups excluding carboxylic acids is 1. The van der Waals surface area contributed by atoms with Crippen molar-refractivity contribution in [2.45, 2.75) is 13.0 Å². The van der Waals surface area contributed by atoms with Crippen LogP contribution in [-0.4, -0.2) is 23.0 Å². The van der Waals surface area contributed by atoms with Crippen molar-refractivity contribution in [2.75, 3.05) is 7.11 Å². The van der Waals surface area contributed by atoms with Crippen LogP contribution in [0.1, 0.15) is 18.5 Å². The summed E-state index contributed by atoms with van der Waals surface area (Å²) >= 11 is 0. The summed E-state index contributed by atoms with van der Waals surface area (Å²) in [6, 6.07) is 7.70. The second-order valence-corrected chi connectivity index (χ2v) is 4.50. The monoisotopic (exact) mass is 283 g/mol. The van der Waals surface area contributed by atoms with Gasteiger partial charge in [0.15, 0.2) is 0 Å². The first-order valence-corrected chi connectivity index (χ1v) is 6.53. The quantitative estimate of drug-likeness (QED) is 0.856. The van der Waals surface area contributed by atoms with E-state index in [1.165, 1.54) is 6.08 Å². The van der Waals surface area contributed by atoms with Crippen LogP contribution in [0.15, 0.2) is 49.3 Å². The summed E-state index contributed by atoms with van der Waals surface area (Å²) in [6.45, 7) is 5.36. The number of nitrogens with one attached hydrogen (secondary N) is 1. The maximum atomic E-state index is 11.3. The fourth-order valence-electron chi connectivity index (χ4n) is 1.88. The van der Waals surface area contributed by atoms with Gasteiger partial charge in [-0.3, -0.25) is 9.78 Å². The molecule has 1 amide bonds. The second-order valence-electron chi connectivity index (χ2n) is 4.50. The minimum Gasteiger partial charge on any atom is -0.480 e. The summed E-state index contributed by atoms with van der Waals surface area (Å²) in [7, 11) is 1.56. The summed E-state index contributed by atoms with van der Waals surface area (Å²) in [6.07, 6.45) is 4.50. The van der Waals surface area contributed by atoms with Gasteiger partial charge in [0.05, 0.1) is 31.2 Å². The molecule has 0 aliphatic heterocycles. The molecule has 1 atom stereocenters. The molecule has 0 aliphatic rings. The van der Waals surface area contributed by atoms with Gasteiger partial charge in [0.1, 0.15) is 0 Å². The smallest absolute Gasteiger partial charge is 0.243 e. The molecule has 1 heterocycles. The van der Waals surface area contributed by atoms with E-state index in [-0.39, 0.29) is 11.9 Å². The number of benzene rings is 1. The number of carbonyl (C=O) groups is 1. The minimum absolute atomic E-state index is 0.0825. The molecule has 0 radical (unpaired) electrons. The lowest BCUT2D eigenvalue weighted by atomic mass is 10.0. The Bertz CT molecular complexity index is 638. The molecule has 0 aliphatic carbocycles. The summed E-state index contributed by atoms with van der Waals surface area (Å²) in [5.74, 6) is 0.286. The number of hydrogen-bond donors (Lipinski definition) is 1. The highest BCUT2D eigenvalue weighted by molar-refractivity contribution is 5.87. The zero-order valence-corrected chi connectivity index (χ0v) is 12.0. The molecular weight excluding hydrogens is 266 g/mol. The van der Waals surface area contributed by atoms with Crippen molar-refractivity contribution >= 4 is 5.91 Å². The van der Waals surface area contributed by atoms with Crippen LogP contribution in [0.3, 0.4) is 0 Å². The average molecular weight is 283 g/mol. The lowest BCUT2D eigenvalue weighted by Gasteiger charge is -2.13. The fourth-order valence-corrected chi connectivity index (χ4v) is 1.88. The van der Waals surface area contributed by atoms with Crippen LogP contribution in [0, 0.1) is 0 Å². The predicted molar refractivity (Wildman–Crippen MR) is 80.8 cm³/mol. The molecule has 0 bridgehead atoms. The predicted octanol–water partition coefficient (Wildman–Crippen LogP) is 2.52. The van der Waals surface area contributed by atoms with Crippen LogP contribution >= 0.6 is 0 Å². The van der Waals surface area contributed by atoms with Crippen LogP contribution in [0.25, 0.3) is 11.3 Å². The molecule has 21 heavy (non-hydrogen) atoms. The van der Waals surface area contributed by atoms with Crippen molar-refractivity contribution in [2.24, 2.45) is 0 Å². The lowest BCUT2D eigenvalue weighted by Crippen LogP contribution is -2.24.